The molecule has 2 aromatic carbocycles. The summed E-state index contributed by atoms with van der Waals surface area (Å²) in [6, 6.07) is 14.4. The van der Waals surface area contributed by atoms with Crippen LogP contribution in [0.15, 0.2) is 52.9 Å². The highest BCUT2D eigenvalue weighted by molar-refractivity contribution is 6.33. The molecule has 6 heteroatoms. The van der Waals surface area contributed by atoms with Crippen LogP contribution in [0.1, 0.15) is 25.0 Å². The predicted octanol–water partition coefficient (Wildman–Crippen LogP) is 6.99. The first-order valence-electron chi connectivity index (χ1n) is 9.43. The van der Waals surface area contributed by atoms with E-state index in [1.807, 2.05) is 24.3 Å². The van der Waals surface area contributed by atoms with Crippen molar-refractivity contribution in [2.24, 2.45) is 0 Å². The van der Waals surface area contributed by atoms with Crippen molar-refractivity contribution in [3.63, 3.8) is 0 Å². The normalized spacial score (nSPS) is 14.3. The summed E-state index contributed by atoms with van der Waals surface area (Å²) in [5.41, 5.74) is 2.78. The number of nitrogens with zero attached hydrogens (tertiary/aromatic N) is 1. The van der Waals surface area contributed by atoms with Crippen molar-refractivity contribution in [2.45, 2.75) is 25.8 Å². The van der Waals surface area contributed by atoms with E-state index >= 15 is 0 Å². The smallest absolute Gasteiger partial charge is 0.141 e. The molecule has 4 rings (SSSR count). The molecule has 146 valence electrons. The molecule has 0 saturated carbocycles. The van der Waals surface area contributed by atoms with Crippen LogP contribution in [0.2, 0.25) is 10.0 Å². The molecule has 1 aromatic heterocycles. The Hall–Kier alpha value is -2.17. The molecule has 0 bridgehead atoms. The molecule has 3 nitrogen and oxygen atoms in total. The van der Waals surface area contributed by atoms with Crippen molar-refractivity contribution in [1.82, 2.24) is 0 Å². The maximum absolute atomic E-state index is 13.3. The molecule has 1 fully saturated rings. The maximum Gasteiger partial charge on any atom is 0.141 e. The third-order valence-corrected chi connectivity index (χ3v) is 5.57. The van der Waals surface area contributed by atoms with E-state index in [4.69, 9.17) is 27.6 Å². The van der Waals surface area contributed by atoms with Gasteiger partial charge in [0, 0.05) is 24.3 Å². The van der Waals surface area contributed by atoms with Gasteiger partial charge in [-0.1, -0.05) is 23.2 Å². The van der Waals surface area contributed by atoms with E-state index in [9.17, 15) is 4.39 Å². The third kappa shape index (κ3) is 4.29. The van der Waals surface area contributed by atoms with E-state index in [0.29, 0.717) is 12.3 Å². The van der Waals surface area contributed by atoms with Gasteiger partial charge >= 0.3 is 0 Å². The van der Waals surface area contributed by atoms with E-state index < -0.39 is 5.82 Å². The van der Waals surface area contributed by atoms with Crippen LogP contribution in [0.25, 0.3) is 11.3 Å². The van der Waals surface area contributed by atoms with Crippen molar-refractivity contribution in [3.05, 3.63) is 70.2 Å². The SMILES string of the molecule is Fc1ccc(-c2ccc(CNc3ccc(N4CCCCC4)c(Cl)c3)o2)cc1Cl. The first-order valence-corrected chi connectivity index (χ1v) is 10.2. The van der Waals surface area contributed by atoms with E-state index in [1.165, 1.54) is 25.3 Å². The lowest BCUT2D eigenvalue weighted by Gasteiger charge is -2.29. The number of piperidine rings is 1. The number of anilines is 2. The summed E-state index contributed by atoms with van der Waals surface area (Å²) in [5.74, 6) is 0.979. The Kier molecular flexibility index (Phi) is 5.79. The number of hydrogen-bond donors (Lipinski definition) is 1. The number of benzene rings is 2. The van der Waals surface area contributed by atoms with E-state index in [1.54, 1.807) is 12.1 Å². The molecule has 1 aliphatic rings. The monoisotopic (exact) mass is 418 g/mol. The molecule has 0 spiro atoms. The number of furan rings is 1. The first kappa shape index (κ1) is 19.2. The Morgan fingerprint density at radius 2 is 1.75 bits per heavy atom. The lowest BCUT2D eigenvalue weighted by Crippen LogP contribution is -2.29. The second-order valence-corrected chi connectivity index (χ2v) is 7.78. The van der Waals surface area contributed by atoms with Crippen molar-refractivity contribution in [1.29, 1.82) is 0 Å². The average Bonchev–Trinajstić information content (AvgIpc) is 3.18. The zero-order valence-corrected chi connectivity index (χ0v) is 16.9. The molecule has 1 N–H and O–H groups in total. The minimum atomic E-state index is -0.441. The highest BCUT2D eigenvalue weighted by Crippen LogP contribution is 2.31. The van der Waals surface area contributed by atoms with Gasteiger partial charge in [0.1, 0.15) is 17.3 Å². The molecule has 1 aliphatic heterocycles. The Morgan fingerprint density at radius 3 is 2.50 bits per heavy atom. The van der Waals surface area contributed by atoms with Gasteiger partial charge in [0.25, 0.3) is 0 Å². The Morgan fingerprint density at radius 1 is 0.929 bits per heavy atom. The van der Waals surface area contributed by atoms with E-state index in [0.717, 1.165) is 40.8 Å². The fraction of sp³-hybridized carbons (Fsp3) is 0.273. The van der Waals surface area contributed by atoms with Crippen molar-refractivity contribution in [2.75, 3.05) is 23.3 Å². The minimum Gasteiger partial charge on any atom is -0.459 e. The highest BCUT2D eigenvalue weighted by Gasteiger charge is 2.14. The summed E-state index contributed by atoms with van der Waals surface area (Å²) in [6.07, 6.45) is 3.73. The summed E-state index contributed by atoms with van der Waals surface area (Å²) < 4.78 is 19.2. The van der Waals surface area contributed by atoms with Gasteiger partial charge < -0.3 is 14.6 Å². The molecule has 2 heterocycles. The number of rotatable bonds is 5. The van der Waals surface area contributed by atoms with Gasteiger partial charge in [-0.3, -0.25) is 0 Å². The van der Waals surface area contributed by atoms with Gasteiger partial charge in [-0.25, -0.2) is 4.39 Å². The van der Waals surface area contributed by atoms with Gasteiger partial charge in [0.2, 0.25) is 0 Å². The Balaban J connectivity index is 1.41. The van der Waals surface area contributed by atoms with E-state index in [2.05, 4.69) is 16.3 Å². The fourth-order valence-corrected chi connectivity index (χ4v) is 3.96. The summed E-state index contributed by atoms with van der Waals surface area (Å²) in [7, 11) is 0. The molecule has 0 radical (unpaired) electrons. The zero-order chi connectivity index (χ0) is 19.5. The molecular formula is C22H21Cl2FN2O. The summed E-state index contributed by atoms with van der Waals surface area (Å²) in [5, 5.41) is 4.17. The minimum absolute atomic E-state index is 0.0806. The standard InChI is InChI=1S/C22H21Cl2FN2O/c23-18-12-15(4-7-20(18)25)22-9-6-17(28-22)14-26-16-5-8-21(19(24)13-16)27-10-2-1-3-11-27/h4-9,12-13,26H,1-3,10-11,14H2. The molecule has 3 aromatic rings. The second-order valence-electron chi connectivity index (χ2n) is 6.96. The molecule has 1 saturated heterocycles. The summed E-state index contributed by atoms with van der Waals surface area (Å²) in [4.78, 5) is 2.35. The van der Waals surface area contributed by atoms with E-state index in [-0.39, 0.29) is 5.02 Å². The molecule has 0 aliphatic carbocycles. The predicted molar refractivity (Wildman–Crippen MR) is 114 cm³/mol. The molecule has 0 atom stereocenters. The highest BCUT2D eigenvalue weighted by atomic mass is 35.5. The van der Waals surface area contributed by atoms with Crippen molar-refractivity contribution in [3.8, 4) is 11.3 Å². The van der Waals surface area contributed by atoms with Crippen LogP contribution in [0.3, 0.4) is 0 Å². The van der Waals surface area contributed by atoms with Crippen LogP contribution in [-0.4, -0.2) is 13.1 Å². The lowest BCUT2D eigenvalue weighted by atomic mass is 10.1. The number of halogens is 3. The van der Waals surface area contributed by atoms with Gasteiger partial charge in [-0.15, -0.1) is 0 Å². The van der Waals surface area contributed by atoms with Crippen molar-refractivity contribution < 1.29 is 8.81 Å². The molecule has 28 heavy (non-hydrogen) atoms. The average molecular weight is 419 g/mol. The lowest BCUT2D eigenvalue weighted by molar-refractivity contribution is 0.531. The third-order valence-electron chi connectivity index (χ3n) is 4.98. The first-order chi connectivity index (χ1) is 13.6. The number of hydrogen-bond acceptors (Lipinski definition) is 3. The summed E-state index contributed by atoms with van der Waals surface area (Å²) in [6.45, 7) is 2.65. The van der Waals surface area contributed by atoms with Gasteiger partial charge in [-0.2, -0.15) is 0 Å². The maximum atomic E-state index is 13.3. The van der Waals surface area contributed by atoms with Crippen LogP contribution in [0.4, 0.5) is 15.8 Å². The zero-order valence-electron chi connectivity index (χ0n) is 15.4. The van der Waals surface area contributed by atoms with Crippen LogP contribution in [-0.2, 0) is 6.54 Å². The van der Waals surface area contributed by atoms with Crippen LogP contribution in [0.5, 0.6) is 0 Å². The van der Waals surface area contributed by atoms with Crippen LogP contribution in [0, 0.1) is 5.82 Å². The largest absolute Gasteiger partial charge is 0.459 e. The Labute approximate surface area is 174 Å². The molecule has 0 unspecified atom stereocenters. The summed E-state index contributed by atoms with van der Waals surface area (Å²) >= 11 is 12.4. The van der Waals surface area contributed by atoms with Gasteiger partial charge in [0.15, 0.2) is 0 Å². The van der Waals surface area contributed by atoms with Crippen LogP contribution >= 0.6 is 23.2 Å². The van der Waals surface area contributed by atoms with Gasteiger partial charge in [0.05, 0.1) is 22.3 Å². The second kappa shape index (κ2) is 8.46. The Bertz CT molecular complexity index is 967. The van der Waals surface area contributed by atoms with Crippen LogP contribution < -0.4 is 10.2 Å². The molecule has 0 amide bonds. The molecular weight excluding hydrogens is 398 g/mol. The van der Waals surface area contributed by atoms with Crippen molar-refractivity contribution >= 4 is 34.6 Å². The van der Waals surface area contributed by atoms with Gasteiger partial charge in [-0.05, 0) is 67.8 Å². The quantitative estimate of drug-likeness (QED) is 0.483. The topological polar surface area (TPSA) is 28.4 Å². The number of nitrogens with one attached hydrogen (secondary N) is 1. The fourth-order valence-electron chi connectivity index (χ4n) is 3.47.